The summed E-state index contributed by atoms with van der Waals surface area (Å²) >= 11 is 0. The molecule has 1 aromatic heterocycles. The van der Waals surface area contributed by atoms with Gasteiger partial charge in [-0.3, -0.25) is 20.2 Å². The van der Waals surface area contributed by atoms with Crippen LogP contribution in [0.15, 0.2) is 166 Å². The number of sulfonamides is 2. The number of aryl methyl sites for hydroxylation is 5. The molecule has 76 heavy (non-hydrogen) atoms. The van der Waals surface area contributed by atoms with Crippen molar-refractivity contribution in [3.8, 4) is 6.01 Å². The highest BCUT2D eigenvalue weighted by atomic mass is 32.2. The van der Waals surface area contributed by atoms with E-state index in [1.807, 2.05) is 57.2 Å². The van der Waals surface area contributed by atoms with Crippen LogP contribution >= 0.6 is 0 Å². The molecule has 22 heteroatoms. The van der Waals surface area contributed by atoms with Crippen LogP contribution in [0, 0.1) is 47.9 Å². The van der Waals surface area contributed by atoms with Crippen molar-refractivity contribution >= 4 is 42.8 Å². The van der Waals surface area contributed by atoms with Crippen LogP contribution in [0.25, 0.3) is 0 Å². The van der Waals surface area contributed by atoms with Crippen molar-refractivity contribution in [2.45, 2.75) is 72.3 Å². The van der Waals surface area contributed by atoms with Crippen molar-refractivity contribution in [3.63, 3.8) is 0 Å². The van der Waals surface area contributed by atoms with Crippen LogP contribution in [0.5, 0.6) is 6.01 Å². The summed E-state index contributed by atoms with van der Waals surface area (Å²) in [7, 11) is -7.82. The minimum absolute atomic E-state index is 0. The van der Waals surface area contributed by atoms with Crippen molar-refractivity contribution in [1.82, 2.24) is 24.6 Å². The lowest BCUT2D eigenvalue weighted by Crippen LogP contribution is -2.21. The van der Waals surface area contributed by atoms with Gasteiger partial charge in [-0.05, 0) is 93.8 Å². The monoisotopic (exact) mass is 1080 g/mol. The molecule has 20 nitrogen and oxygen atoms in total. The Morgan fingerprint density at radius 1 is 0.500 bits per heavy atom. The first kappa shape index (κ1) is 60.2. The standard InChI is InChI=1S/C30H32N6O7S.C22H21N3O4S.2CH4/c1-21-4-14-28(15-5-21)44(39,40)35-34-29(26-10-12-27(13-11-26)36(37)38)25-8-6-24(7-9-25)20-42-17-16-41-18-19-43-30-32-22(2)31-23(3)33-30;1-3-17-6-8-18(9-7-17)22(19-10-12-20(13-11-19)25(26)27)23-24-30(28,29)21-14-4-16(2)5-15-21;;/h4-15,35H,16-20H2,1-3H3;4-15,24H,3H2,1-2H3;2*1H4/b34-29+;23-22+;;. The number of hydrogen-bond acceptors (Lipinski definition) is 16. The minimum atomic E-state index is -3.95. The zero-order chi connectivity index (χ0) is 53.3. The summed E-state index contributed by atoms with van der Waals surface area (Å²) in [6.45, 7) is 11.0. The van der Waals surface area contributed by atoms with Crippen LogP contribution in [0.3, 0.4) is 0 Å². The molecule has 2 N–H and O–H groups in total. The van der Waals surface area contributed by atoms with E-state index in [9.17, 15) is 37.1 Å². The van der Waals surface area contributed by atoms with Crippen LogP contribution in [0.4, 0.5) is 11.4 Å². The molecule has 0 amide bonds. The van der Waals surface area contributed by atoms with Gasteiger partial charge in [0.2, 0.25) is 0 Å². The molecule has 7 rings (SSSR count). The van der Waals surface area contributed by atoms with Gasteiger partial charge < -0.3 is 14.2 Å². The van der Waals surface area contributed by atoms with Gasteiger partial charge in [-0.1, -0.05) is 106 Å². The summed E-state index contributed by atoms with van der Waals surface area (Å²) in [6.07, 6.45) is 0.865. The van der Waals surface area contributed by atoms with E-state index in [1.54, 1.807) is 62.4 Å². The number of rotatable bonds is 22. The van der Waals surface area contributed by atoms with Gasteiger partial charge in [-0.25, -0.2) is 4.98 Å². The molecule has 400 valence electrons. The fraction of sp³-hybridized carbons (Fsp3) is 0.241. The number of benzene rings is 6. The fourth-order valence-electron chi connectivity index (χ4n) is 6.73. The van der Waals surface area contributed by atoms with E-state index in [0.717, 1.165) is 28.7 Å². The average molecular weight is 1080 g/mol. The smallest absolute Gasteiger partial charge is 0.319 e. The highest BCUT2D eigenvalue weighted by molar-refractivity contribution is 7.89. The van der Waals surface area contributed by atoms with Gasteiger partial charge >= 0.3 is 6.01 Å². The summed E-state index contributed by atoms with van der Waals surface area (Å²) in [5, 5.41) is 30.5. The number of nitro benzene ring substituents is 2. The van der Waals surface area contributed by atoms with E-state index in [0.29, 0.717) is 78.4 Å². The second kappa shape index (κ2) is 28.4. The molecule has 6 aromatic carbocycles. The number of ether oxygens (including phenoxy) is 3. The van der Waals surface area contributed by atoms with Gasteiger partial charge in [0.25, 0.3) is 31.4 Å². The lowest BCUT2D eigenvalue weighted by atomic mass is 10.0. The molecule has 0 unspecified atom stereocenters. The molecule has 0 saturated carbocycles. The van der Waals surface area contributed by atoms with Crippen LogP contribution < -0.4 is 14.4 Å². The van der Waals surface area contributed by atoms with E-state index in [2.05, 4.69) is 34.8 Å². The summed E-state index contributed by atoms with van der Waals surface area (Å²) in [5.74, 6) is 1.18. The van der Waals surface area contributed by atoms with Crippen LogP contribution in [0.2, 0.25) is 0 Å². The second-order valence-electron chi connectivity index (χ2n) is 16.3. The molecule has 0 aliphatic rings. The summed E-state index contributed by atoms with van der Waals surface area (Å²) in [5.41, 5.74) is 6.71. The topological polar surface area (TPSA) is 270 Å². The lowest BCUT2D eigenvalue weighted by molar-refractivity contribution is -0.385. The van der Waals surface area contributed by atoms with Crippen LogP contribution in [0.1, 0.15) is 77.9 Å². The third kappa shape index (κ3) is 17.7. The third-order valence-corrected chi connectivity index (χ3v) is 13.2. The quantitative estimate of drug-likeness (QED) is 0.0277. The molecule has 1 heterocycles. The van der Waals surface area contributed by atoms with E-state index in [-0.39, 0.29) is 42.0 Å². The second-order valence-corrected chi connectivity index (χ2v) is 19.6. The molecule has 0 atom stereocenters. The Morgan fingerprint density at radius 3 is 1.24 bits per heavy atom. The predicted octanol–water partition coefficient (Wildman–Crippen LogP) is 9.52. The molecule has 0 radical (unpaired) electrons. The van der Waals surface area contributed by atoms with Gasteiger partial charge in [0.15, 0.2) is 0 Å². The molecule has 0 aliphatic heterocycles. The number of aromatic nitrogens is 3. The van der Waals surface area contributed by atoms with Crippen molar-refractivity contribution in [3.05, 3.63) is 222 Å². The Morgan fingerprint density at radius 2 is 0.855 bits per heavy atom. The molecular weight excluding hydrogens is 1010 g/mol. The molecule has 0 fully saturated rings. The van der Waals surface area contributed by atoms with Crippen LogP contribution in [-0.4, -0.2) is 79.5 Å². The molecule has 7 aromatic rings. The van der Waals surface area contributed by atoms with Crippen molar-refractivity contribution < 1.29 is 40.9 Å². The highest BCUT2D eigenvalue weighted by Gasteiger charge is 2.18. The minimum Gasteiger partial charge on any atom is -0.461 e. The first-order valence-corrected chi connectivity index (χ1v) is 25.9. The van der Waals surface area contributed by atoms with E-state index in [4.69, 9.17) is 14.2 Å². The molecule has 0 spiro atoms. The molecule has 0 bridgehead atoms. The highest BCUT2D eigenvalue weighted by Crippen LogP contribution is 2.20. The van der Waals surface area contributed by atoms with Gasteiger partial charge in [-0.15, -0.1) is 0 Å². The number of nitrogens with one attached hydrogen (secondary N) is 2. The van der Waals surface area contributed by atoms with Crippen molar-refractivity contribution in [2.24, 2.45) is 10.2 Å². The summed E-state index contributed by atoms with van der Waals surface area (Å²) < 4.78 is 67.8. The van der Waals surface area contributed by atoms with E-state index in [1.165, 1.54) is 60.7 Å². The zero-order valence-corrected chi connectivity index (χ0v) is 42.7. The van der Waals surface area contributed by atoms with Crippen molar-refractivity contribution in [2.75, 3.05) is 26.4 Å². The first-order valence-electron chi connectivity index (χ1n) is 22.9. The summed E-state index contributed by atoms with van der Waals surface area (Å²) in [4.78, 5) is 38.1. The van der Waals surface area contributed by atoms with Gasteiger partial charge in [0.1, 0.15) is 18.3 Å². The largest absolute Gasteiger partial charge is 0.461 e. The SMILES string of the molecule is C.C.CCc1ccc(/C(=N\NS(=O)(=O)c2ccc(C)cc2)c2ccc([N+](=O)[O-])cc2)cc1.Cc1ccc(S(=O)(=O)N/N=C(\c2ccc(COCCOCCOc3nc(C)nc(C)n3)cc2)c2ccc([N+](=O)[O-])cc2)cc1. The van der Waals surface area contributed by atoms with Crippen molar-refractivity contribution in [1.29, 1.82) is 0 Å². The number of non-ortho nitro benzene ring substituents is 2. The number of hydrazone groups is 2. The Hall–Kier alpha value is -8.31. The summed E-state index contributed by atoms with van der Waals surface area (Å²) in [6, 6.07) is 39.4. The first-order chi connectivity index (χ1) is 35.4. The maximum Gasteiger partial charge on any atom is 0.319 e. The Labute approximate surface area is 443 Å². The Balaban J connectivity index is 0.000000342. The zero-order valence-electron chi connectivity index (χ0n) is 41.0. The van der Waals surface area contributed by atoms with Gasteiger partial charge in [-0.2, -0.15) is 46.7 Å². The Kier molecular flexibility index (Phi) is 22.5. The average Bonchev–Trinajstić information content (AvgIpc) is 3.38. The van der Waals surface area contributed by atoms with Gasteiger partial charge in [0, 0.05) is 46.5 Å². The van der Waals surface area contributed by atoms with E-state index >= 15 is 0 Å². The van der Waals surface area contributed by atoms with Gasteiger partial charge in [0.05, 0.1) is 57.5 Å². The number of nitrogens with zero attached hydrogens (tertiary/aromatic N) is 7. The molecule has 0 aliphatic carbocycles. The fourth-order valence-corrected chi connectivity index (χ4v) is 8.36. The predicted molar refractivity (Wildman–Crippen MR) is 291 cm³/mol. The maximum atomic E-state index is 12.9. The lowest BCUT2D eigenvalue weighted by Gasteiger charge is -2.11. The molecular formula is C54H61N9O11S2. The van der Waals surface area contributed by atoms with E-state index < -0.39 is 29.9 Å². The third-order valence-electron chi connectivity index (χ3n) is 10.7. The maximum absolute atomic E-state index is 12.9. The Bertz CT molecular complexity index is 3290. The number of nitro groups is 2. The number of hydrogen-bond donors (Lipinski definition) is 2. The van der Waals surface area contributed by atoms with Crippen LogP contribution in [-0.2, 0) is 42.5 Å². The molecule has 0 saturated heterocycles. The normalized spacial score (nSPS) is 11.5.